The van der Waals surface area contributed by atoms with Gasteiger partial charge in [-0.15, -0.1) is 0 Å². The molecule has 2 aliphatic rings. The number of nitrogens with zero attached hydrogens (tertiary/aromatic N) is 2. The predicted octanol–water partition coefficient (Wildman–Crippen LogP) is 6.05. The molecule has 266 valence electrons. The number of halogens is 6. The van der Waals surface area contributed by atoms with Crippen LogP contribution in [0.15, 0.2) is 64.0 Å². The second-order valence-corrected chi connectivity index (χ2v) is 14.5. The van der Waals surface area contributed by atoms with Gasteiger partial charge in [-0.05, 0) is 106 Å². The molecule has 3 aromatic rings. The number of ether oxygens (including phenoxy) is 2. The number of carbonyl (C=O) groups excluding carboxylic acids is 2. The van der Waals surface area contributed by atoms with Crippen LogP contribution in [-0.2, 0) is 30.4 Å². The van der Waals surface area contributed by atoms with E-state index in [0.717, 1.165) is 68.0 Å². The molecule has 2 N–H and O–H groups in total. The molecule has 1 saturated heterocycles. The minimum absolute atomic E-state index is 0.0199. The molecule has 0 bridgehead atoms. The third-order valence-corrected chi connectivity index (χ3v) is 10.8. The average molecular weight is 779 g/mol. The largest absolute Gasteiger partial charge is 0.496 e. The lowest BCUT2D eigenvalue weighted by molar-refractivity contribution is -0.239. The Kier molecular flexibility index (Phi) is 10.8. The van der Waals surface area contributed by atoms with E-state index in [1.165, 1.54) is 12.1 Å². The molecule has 0 spiro atoms. The van der Waals surface area contributed by atoms with Gasteiger partial charge >= 0.3 is 18.1 Å². The number of sulfonamides is 1. The van der Waals surface area contributed by atoms with E-state index in [-0.39, 0.29) is 47.6 Å². The first-order valence-corrected chi connectivity index (χ1v) is 17.6. The van der Waals surface area contributed by atoms with Crippen LogP contribution < -0.4 is 15.2 Å². The molecule has 2 fully saturated rings. The second kappa shape index (κ2) is 14.4. The van der Waals surface area contributed by atoms with Crippen molar-refractivity contribution < 1.29 is 54.3 Å². The maximum absolute atomic E-state index is 16.7. The molecule has 10 nitrogen and oxygen atoms in total. The van der Waals surface area contributed by atoms with Crippen LogP contribution in [-0.4, -0.2) is 74.2 Å². The first-order chi connectivity index (χ1) is 23.0. The molecule has 0 radical (unpaired) electrons. The highest BCUT2D eigenvalue weighted by Gasteiger charge is 2.58. The lowest BCUT2D eigenvalue weighted by Crippen LogP contribution is -2.60. The van der Waals surface area contributed by atoms with Crippen molar-refractivity contribution in [3.63, 3.8) is 0 Å². The minimum Gasteiger partial charge on any atom is -0.496 e. The van der Waals surface area contributed by atoms with Crippen molar-refractivity contribution in [3.05, 3.63) is 64.6 Å². The number of fused-ring (bicyclic) bond motifs is 1. The van der Waals surface area contributed by atoms with E-state index in [0.29, 0.717) is 11.1 Å². The molecular weight excluding hydrogens is 745 g/mol. The standard InChI is InChI=1S/C32H33BrF5N3O7S/c1-46-27-18-21(8-11-26(27)33)31(34,35)28(29(42)40-14-12-22(39)13-15-40)41(48-30(43)32(36,37)38)49(44,45)25-10-7-19-16-24(9-6-20(19)17-25)47-23-4-2-3-5-23/h6-11,16-18,22-23,28H,2-5,12-15,39H2,1H3/t28-/m0/s1. The molecule has 1 atom stereocenters. The fourth-order valence-electron chi connectivity index (χ4n) is 5.81. The number of piperidine rings is 1. The minimum atomic E-state index is -5.82. The number of likely N-dealkylation sites (tertiary alicyclic amines) is 1. The summed E-state index contributed by atoms with van der Waals surface area (Å²) in [5.41, 5.74) is 4.89. The molecule has 49 heavy (non-hydrogen) atoms. The monoisotopic (exact) mass is 777 g/mol. The quantitative estimate of drug-likeness (QED) is 0.195. The summed E-state index contributed by atoms with van der Waals surface area (Å²) in [5, 5.41) is 0.720. The number of hydroxylamine groups is 1. The lowest BCUT2D eigenvalue weighted by Gasteiger charge is -2.38. The summed E-state index contributed by atoms with van der Waals surface area (Å²) in [6, 6.07) is 6.98. The van der Waals surface area contributed by atoms with Crippen molar-refractivity contribution >= 4 is 48.6 Å². The van der Waals surface area contributed by atoms with Gasteiger partial charge in [-0.2, -0.15) is 22.0 Å². The van der Waals surface area contributed by atoms with Gasteiger partial charge in [0.15, 0.2) is 0 Å². The Balaban J connectivity index is 1.63. The Morgan fingerprint density at radius 2 is 1.57 bits per heavy atom. The van der Waals surface area contributed by atoms with Crippen LogP contribution in [0.1, 0.15) is 44.1 Å². The number of benzene rings is 3. The molecule has 5 rings (SSSR count). The molecule has 0 unspecified atom stereocenters. The van der Waals surface area contributed by atoms with Gasteiger partial charge in [-0.1, -0.05) is 18.2 Å². The summed E-state index contributed by atoms with van der Waals surface area (Å²) >= 11 is 3.12. The van der Waals surface area contributed by atoms with E-state index >= 15 is 8.78 Å². The van der Waals surface area contributed by atoms with Crippen LogP contribution in [0.3, 0.4) is 0 Å². The van der Waals surface area contributed by atoms with Gasteiger partial charge in [0.1, 0.15) is 11.5 Å². The zero-order chi connectivity index (χ0) is 35.7. The number of amides is 1. The number of nitrogens with two attached hydrogens (primary N) is 1. The molecule has 1 saturated carbocycles. The number of carbonyl (C=O) groups is 2. The smallest absolute Gasteiger partial charge is 0.492 e. The maximum atomic E-state index is 16.7. The van der Waals surface area contributed by atoms with Crippen LogP contribution in [0.2, 0.25) is 0 Å². The van der Waals surface area contributed by atoms with E-state index in [4.69, 9.17) is 15.2 Å². The first-order valence-electron chi connectivity index (χ1n) is 15.3. The number of methoxy groups -OCH3 is 1. The molecule has 1 heterocycles. The molecule has 3 aromatic carbocycles. The fraction of sp³-hybridized carbons (Fsp3) is 0.438. The first kappa shape index (κ1) is 36.7. The van der Waals surface area contributed by atoms with Gasteiger partial charge in [0.25, 0.3) is 15.9 Å². The van der Waals surface area contributed by atoms with Crippen molar-refractivity contribution in [2.75, 3.05) is 20.2 Å². The Morgan fingerprint density at radius 1 is 0.939 bits per heavy atom. The highest BCUT2D eigenvalue weighted by Crippen LogP contribution is 2.42. The van der Waals surface area contributed by atoms with Crippen LogP contribution in [0, 0.1) is 0 Å². The average Bonchev–Trinajstić information content (AvgIpc) is 3.57. The Morgan fingerprint density at radius 3 is 2.20 bits per heavy atom. The topological polar surface area (TPSA) is 128 Å². The Hall–Kier alpha value is -3.54. The Bertz CT molecular complexity index is 1810. The van der Waals surface area contributed by atoms with Gasteiger partial charge in [0, 0.05) is 24.7 Å². The highest BCUT2D eigenvalue weighted by molar-refractivity contribution is 9.10. The van der Waals surface area contributed by atoms with Crippen LogP contribution >= 0.6 is 15.9 Å². The number of rotatable bonds is 10. The summed E-state index contributed by atoms with van der Waals surface area (Å²) in [6.45, 7) is -0.419. The summed E-state index contributed by atoms with van der Waals surface area (Å²) in [4.78, 5) is 30.5. The summed E-state index contributed by atoms with van der Waals surface area (Å²) in [6.07, 6.45) is -1.71. The van der Waals surface area contributed by atoms with Gasteiger partial charge < -0.3 is 24.9 Å². The molecular formula is C32H33BrF5N3O7S. The zero-order valence-electron chi connectivity index (χ0n) is 26.1. The van der Waals surface area contributed by atoms with Crippen molar-refractivity contribution in [1.29, 1.82) is 0 Å². The second-order valence-electron chi connectivity index (χ2n) is 11.9. The molecule has 1 aliphatic heterocycles. The van der Waals surface area contributed by atoms with Gasteiger partial charge in [-0.25, -0.2) is 13.2 Å². The SMILES string of the molecule is COc1cc(C(F)(F)[C@H](C(=O)N2CCC(N)CC2)N(OC(=O)C(F)(F)F)S(=O)(=O)c2ccc3cc(OC4CCCC4)ccc3c2)ccc1Br. The zero-order valence-corrected chi connectivity index (χ0v) is 28.5. The van der Waals surface area contributed by atoms with E-state index in [9.17, 15) is 31.2 Å². The van der Waals surface area contributed by atoms with Crippen LogP contribution in [0.4, 0.5) is 22.0 Å². The van der Waals surface area contributed by atoms with Crippen molar-refractivity contribution in [2.45, 2.75) is 73.7 Å². The molecule has 1 amide bonds. The van der Waals surface area contributed by atoms with Gasteiger partial charge in [0.05, 0.1) is 22.6 Å². The normalized spacial score (nSPS) is 17.4. The highest BCUT2D eigenvalue weighted by atomic mass is 79.9. The van der Waals surface area contributed by atoms with E-state index in [2.05, 4.69) is 20.8 Å². The van der Waals surface area contributed by atoms with E-state index < -0.39 is 61.0 Å². The third-order valence-electron chi connectivity index (χ3n) is 8.50. The van der Waals surface area contributed by atoms with Crippen molar-refractivity contribution in [1.82, 2.24) is 9.37 Å². The molecule has 17 heteroatoms. The summed E-state index contributed by atoms with van der Waals surface area (Å²) in [7, 11) is -4.46. The Labute approximate surface area is 287 Å². The summed E-state index contributed by atoms with van der Waals surface area (Å²) < 4.78 is 113. The van der Waals surface area contributed by atoms with Crippen LogP contribution in [0.25, 0.3) is 10.8 Å². The number of hydrogen-bond acceptors (Lipinski definition) is 8. The number of hydrogen-bond donors (Lipinski definition) is 1. The number of alkyl halides is 5. The van der Waals surface area contributed by atoms with E-state index in [1.807, 2.05) is 0 Å². The van der Waals surface area contributed by atoms with Crippen LogP contribution in [0.5, 0.6) is 11.5 Å². The summed E-state index contributed by atoms with van der Waals surface area (Å²) in [5.74, 6) is -8.97. The fourth-order valence-corrected chi connectivity index (χ4v) is 7.61. The molecule has 0 aromatic heterocycles. The van der Waals surface area contributed by atoms with Crippen molar-refractivity contribution in [3.8, 4) is 11.5 Å². The van der Waals surface area contributed by atoms with Gasteiger partial charge in [0.2, 0.25) is 6.04 Å². The van der Waals surface area contributed by atoms with Gasteiger partial charge in [-0.3, -0.25) is 4.79 Å². The molecule has 1 aliphatic carbocycles. The van der Waals surface area contributed by atoms with E-state index in [1.54, 1.807) is 12.1 Å². The lowest BCUT2D eigenvalue weighted by atomic mass is 9.98. The maximum Gasteiger partial charge on any atom is 0.492 e. The van der Waals surface area contributed by atoms with Crippen molar-refractivity contribution in [2.24, 2.45) is 5.73 Å². The third kappa shape index (κ3) is 7.94. The predicted molar refractivity (Wildman–Crippen MR) is 170 cm³/mol.